The van der Waals surface area contributed by atoms with E-state index >= 15 is 0 Å². The zero-order valence-corrected chi connectivity index (χ0v) is 18.2. The molecule has 2 heterocycles. The highest BCUT2D eigenvalue weighted by Gasteiger charge is 2.30. The molecular weight excluding hydrogens is 390 g/mol. The molecule has 31 heavy (non-hydrogen) atoms. The lowest BCUT2D eigenvalue weighted by Crippen LogP contribution is -2.47. The smallest absolute Gasteiger partial charge is 0.319 e. The Balaban J connectivity index is 1.28. The highest BCUT2D eigenvalue weighted by Crippen LogP contribution is 2.26. The van der Waals surface area contributed by atoms with Gasteiger partial charge in [0.2, 0.25) is 5.91 Å². The predicted octanol–water partition coefficient (Wildman–Crippen LogP) is 4.33. The summed E-state index contributed by atoms with van der Waals surface area (Å²) in [4.78, 5) is 29.1. The molecule has 2 aliphatic rings. The molecule has 2 aromatic rings. The van der Waals surface area contributed by atoms with Gasteiger partial charge in [-0.1, -0.05) is 35.9 Å². The molecule has 0 spiro atoms. The van der Waals surface area contributed by atoms with Crippen LogP contribution in [0.5, 0.6) is 11.5 Å². The lowest BCUT2D eigenvalue weighted by molar-refractivity contribution is -0.126. The lowest BCUT2D eigenvalue weighted by Gasteiger charge is -2.34. The molecule has 3 amide bonds. The van der Waals surface area contributed by atoms with E-state index in [4.69, 9.17) is 4.74 Å². The number of hydrogen-bond donors (Lipinski definition) is 1. The number of carbonyl (C=O) groups excluding carboxylic acids is 2. The van der Waals surface area contributed by atoms with Crippen molar-refractivity contribution in [1.82, 2.24) is 15.1 Å². The van der Waals surface area contributed by atoms with Crippen molar-refractivity contribution in [2.24, 2.45) is 5.92 Å². The Bertz CT molecular complexity index is 898. The molecule has 2 saturated heterocycles. The maximum Gasteiger partial charge on any atom is 0.319 e. The molecule has 0 radical (unpaired) electrons. The maximum atomic E-state index is 12.7. The highest BCUT2D eigenvalue weighted by atomic mass is 16.5. The number of para-hydroxylation sites is 1. The van der Waals surface area contributed by atoms with E-state index in [1.807, 2.05) is 65.3 Å². The molecule has 2 aromatic carbocycles. The molecule has 0 aliphatic carbocycles. The summed E-state index contributed by atoms with van der Waals surface area (Å²) >= 11 is 0. The molecule has 2 fully saturated rings. The molecule has 0 aromatic heterocycles. The summed E-state index contributed by atoms with van der Waals surface area (Å²) in [7, 11) is 0. The number of urea groups is 1. The van der Waals surface area contributed by atoms with Gasteiger partial charge < -0.3 is 19.9 Å². The summed E-state index contributed by atoms with van der Waals surface area (Å²) in [6.45, 7) is 5.50. The number of piperidine rings is 1. The van der Waals surface area contributed by atoms with Gasteiger partial charge in [0.05, 0.1) is 0 Å². The minimum Gasteiger partial charge on any atom is -0.457 e. The van der Waals surface area contributed by atoms with Crippen LogP contribution in [0.1, 0.15) is 36.8 Å². The van der Waals surface area contributed by atoms with Crippen LogP contribution in [0, 0.1) is 12.8 Å². The van der Waals surface area contributed by atoms with Crippen LogP contribution >= 0.6 is 0 Å². The zero-order chi connectivity index (χ0) is 21.6. The van der Waals surface area contributed by atoms with E-state index < -0.39 is 0 Å². The van der Waals surface area contributed by atoms with Crippen molar-refractivity contribution < 1.29 is 14.3 Å². The Labute approximate surface area is 184 Å². The summed E-state index contributed by atoms with van der Waals surface area (Å²) in [6, 6.07) is 15.8. The van der Waals surface area contributed by atoms with Crippen molar-refractivity contribution in [1.29, 1.82) is 0 Å². The van der Waals surface area contributed by atoms with Crippen molar-refractivity contribution in [3.8, 4) is 11.5 Å². The SMILES string of the molecule is Cc1ccc(Oc2ccccc2CNC(=O)C2CCN(C(=O)N3CCCC3)CC2)cc1. The largest absolute Gasteiger partial charge is 0.457 e. The van der Waals surface area contributed by atoms with E-state index in [-0.39, 0.29) is 17.9 Å². The van der Waals surface area contributed by atoms with Crippen LogP contribution in [0.3, 0.4) is 0 Å². The molecule has 164 valence electrons. The van der Waals surface area contributed by atoms with Crippen molar-refractivity contribution >= 4 is 11.9 Å². The third-order valence-electron chi connectivity index (χ3n) is 6.19. The molecule has 4 rings (SSSR count). The third-order valence-corrected chi connectivity index (χ3v) is 6.19. The van der Waals surface area contributed by atoms with E-state index in [1.165, 1.54) is 5.56 Å². The number of likely N-dealkylation sites (tertiary alicyclic amines) is 2. The second-order valence-corrected chi connectivity index (χ2v) is 8.48. The standard InChI is InChI=1S/C25H31N3O3/c1-19-8-10-22(11-9-19)31-23-7-3-2-6-21(23)18-26-24(29)20-12-16-28(17-13-20)25(30)27-14-4-5-15-27/h2-3,6-11,20H,4-5,12-18H2,1H3,(H,26,29). The first-order valence-corrected chi connectivity index (χ1v) is 11.2. The first-order chi connectivity index (χ1) is 15.1. The minimum absolute atomic E-state index is 0.0483. The number of ether oxygens (including phenoxy) is 1. The van der Waals surface area contributed by atoms with Crippen LogP contribution in [0.15, 0.2) is 48.5 Å². The molecule has 0 unspecified atom stereocenters. The van der Waals surface area contributed by atoms with Gasteiger partial charge >= 0.3 is 6.03 Å². The van der Waals surface area contributed by atoms with Gasteiger partial charge in [0.15, 0.2) is 0 Å². The Morgan fingerprint density at radius 3 is 2.29 bits per heavy atom. The van der Waals surface area contributed by atoms with Crippen molar-refractivity contribution in [2.75, 3.05) is 26.2 Å². The van der Waals surface area contributed by atoms with Crippen LogP contribution in [0.4, 0.5) is 4.79 Å². The number of amides is 3. The fourth-order valence-corrected chi connectivity index (χ4v) is 4.25. The van der Waals surface area contributed by atoms with E-state index in [9.17, 15) is 9.59 Å². The van der Waals surface area contributed by atoms with Gasteiger partial charge in [-0.05, 0) is 50.8 Å². The molecule has 2 aliphatic heterocycles. The number of hydrogen-bond acceptors (Lipinski definition) is 3. The van der Waals surface area contributed by atoms with Gasteiger partial charge in [-0.3, -0.25) is 4.79 Å². The Kier molecular flexibility index (Phi) is 6.75. The molecule has 1 N–H and O–H groups in total. The minimum atomic E-state index is -0.0483. The molecule has 0 atom stereocenters. The first-order valence-electron chi connectivity index (χ1n) is 11.2. The van der Waals surface area contributed by atoms with Crippen LogP contribution < -0.4 is 10.1 Å². The second-order valence-electron chi connectivity index (χ2n) is 8.48. The third kappa shape index (κ3) is 5.37. The van der Waals surface area contributed by atoms with Gasteiger partial charge in [-0.25, -0.2) is 4.79 Å². The van der Waals surface area contributed by atoms with Crippen LogP contribution in [0.25, 0.3) is 0 Å². The number of nitrogens with one attached hydrogen (secondary N) is 1. The second kappa shape index (κ2) is 9.86. The van der Waals surface area contributed by atoms with Gasteiger partial charge in [0, 0.05) is 44.2 Å². The molecule has 0 bridgehead atoms. The molecule has 6 heteroatoms. The molecular formula is C25H31N3O3. The number of benzene rings is 2. The number of carbonyl (C=O) groups is 2. The fraction of sp³-hybridized carbons (Fsp3) is 0.440. The van der Waals surface area contributed by atoms with Crippen LogP contribution in [0.2, 0.25) is 0 Å². The lowest BCUT2D eigenvalue weighted by atomic mass is 9.96. The Morgan fingerprint density at radius 1 is 0.935 bits per heavy atom. The van der Waals surface area contributed by atoms with Crippen molar-refractivity contribution in [2.45, 2.75) is 39.2 Å². The van der Waals surface area contributed by atoms with E-state index in [0.29, 0.717) is 32.5 Å². The predicted molar refractivity (Wildman–Crippen MR) is 120 cm³/mol. The zero-order valence-electron chi connectivity index (χ0n) is 18.2. The maximum absolute atomic E-state index is 12.7. The summed E-state index contributed by atoms with van der Waals surface area (Å²) in [5.41, 5.74) is 2.12. The topological polar surface area (TPSA) is 61.9 Å². The van der Waals surface area contributed by atoms with Gasteiger partial charge in [-0.15, -0.1) is 0 Å². The van der Waals surface area contributed by atoms with Crippen molar-refractivity contribution in [3.63, 3.8) is 0 Å². The number of nitrogens with zero attached hydrogens (tertiary/aromatic N) is 2. The van der Waals surface area contributed by atoms with Gasteiger partial charge in [-0.2, -0.15) is 0 Å². The highest BCUT2D eigenvalue weighted by molar-refractivity contribution is 5.79. The normalized spacial score (nSPS) is 16.9. The monoisotopic (exact) mass is 421 g/mol. The average Bonchev–Trinajstić information content (AvgIpc) is 3.34. The van der Waals surface area contributed by atoms with Crippen molar-refractivity contribution in [3.05, 3.63) is 59.7 Å². The van der Waals surface area contributed by atoms with E-state index in [1.54, 1.807) is 0 Å². The molecule has 0 saturated carbocycles. The number of rotatable bonds is 5. The summed E-state index contributed by atoms with van der Waals surface area (Å²) in [5.74, 6) is 1.53. The van der Waals surface area contributed by atoms with Crippen LogP contribution in [-0.4, -0.2) is 47.9 Å². The first kappa shape index (κ1) is 21.2. The quantitative estimate of drug-likeness (QED) is 0.782. The summed E-state index contributed by atoms with van der Waals surface area (Å²) in [5, 5.41) is 3.07. The average molecular weight is 422 g/mol. The Hall–Kier alpha value is -3.02. The molecule has 6 nitrogen and oxygen atoms in total. The van der Waals surface area contributed by atoms with E-state index in [2.05, 4.69) is 5.32 Å². The fourth-order valence-electron chi connectivity index (χ4n) is 4.25. The summed E-state index contributed by atoms with van der Waals surface area (Å²) < 4.78 is 6.03. The van der Waals surface area contributed by atoms with Crippen LogP contribution in [-0.2, 0) is 11.3 Å². The summed E-state index contributed by atoms with van der Waals surface area (Å²) in [6.07, 6.45) is 3.62. The van der Waals surface area contributed by atoms with E-state index in [0.717, 1.165) is 43.0 Å². The number of aryl methyl sites for hydroxylation is 1. The van der Waals surface area contributed by atoms with Gasteiger partial charge in [0.1, 0.15) is 11.5 Å². The van der Waals surface area contributed by atoms with Gasteiger partial charge in [0.25, 0.3) is 0 Å². The Morgan fingerprint density at radius 2 is 1.58 bits per heavy atom.